The van der Waals surface area contributed by atoms with Crippen molar-refractivity contribution in [3.05, 3.63) is 23.6 Å². The van der Waals surface area contributed by atoms with Crippen LogP contribution < -0.4 is 11.1 Å². The number of nitrogens with two attached hydrogens (primary N) is 1. The highest BCUT2D eigenvalue weighted by Gasteiger charge is 2.13. The second kappa shape index (κ2) is 5.44. The third-order valence-corrected chi connectivity index (χ3v) is 2.23. The monoisotopic (exact) mass is 225 g/mol. The Balaban J connectivity index is 2.76. The zero-order chi connectivity index (χ0) is 12.1. The smallest absolute Gasteiger partial charge is 0.255 e. The Hall–Kier alpha value is -1.65. The maximum absolute atomic E-state index is 12.9. The Morgan fingerprint density at radius 3 is 3.00 bits per heavy atom. The molecule has 0 saturated heterocycles. The van der Waals surface area contributed by atoms with Crippen molar-refractivity contribution in [2.45, 2.75) is 32.7 Å². The van der Waals surface area contributed by atoms with E-state index < -0.39 is 5.82 Å². The molecular formula is C11H16FN3O. The second-order valence-corrected chi connectivity index (χ2v) is 3.75. The molecule has 1 heterocycles. The number of anilines is 1. The fourth-order valence-corrected chi connectivity index (χ4v) is 1.44. The zero-order valence-corrected chi connectivity index (χ0v) is 9.46. The quantitative estimate of drug-likeness (QED) is 0.819. The van der Waals surface area contributed by atoms with E-state index >= 15 is 0 Å². The lowest BCUT2D eigenvalue weighted by atomic mass is 10.1. The van der Waals surface area contributed by atoms with Crippen LogP contribution in [0.1, 0.15) is 37.0 Å². The highest BCUT2D eigenvalue weighted by atomic mass is 19.1. The van der Waals surface area contributed by atoms with Crippen LogP contribution >= 0.6 is 0 Å². The molecule has 1 unspecified atom stereocenters. The van der Waals surface area contributed by atoms with E-state index in [1.54, 1.807) is 0 Å². The summed E-state index contributed by atoms with van der Waals surface area (Å²) < 4.78 is 12.9. The number of nitrogen functional groups attached to an aromatic ring is 1. The molecule has 0 aliphatic carbocycles. The van der Waals surface area contributed by atoms with Crippen molar-refractivity contribution in [3.8, 4) is 0 Å². The van der Waals surface area contributed by atoms with Gasteiger partial charge in [-0.2, -0.15) is 0 Å². The standard InChI is InChI=1S/C11H16FN3O/c1-3-4-7(2)15-11(16)9-5-8(12)6-14-10(9)13/h5-7H,3-4H2,1-2H3,(H2,13,14)(H,15,16). The average Bonchev–Trinajstić information content (AvgIpc) is 2.21. The van der Waals surface area contributed by atoms with Gasteiger partial charge in [0.25, 0.3) is 5.91 Å². The summed E-state index contributed by atoms with van der Waals surface area (Å²) in [6, 6.07) is 1.14. The van der Waals surface area contributed by atoms with Gasteiger partial charge in [0.1, 0.15) is 11.6 Å². The van der Waals surface area contributed by atoms with Gasteiger partial charge in [-0.1, -0.05) is 13.3 Å². The van der Waals surface area contributed by atoms with Gasteiger partial charge in [-0.05, 0) is 19.4 Å². The summed E-state index contributed by atoms with van der Waals surface area (Å²) in [6.45, 7) is 3.92. The molecule has 1 aromatic heterocycles. The molecule has 0 spiro atoms. The lowest BCUT2D eigenvalue weighted by molar-refractivity contribution is 0.0938. The van der Waals surface area contributed by atoms with Crippen LogP contribution in [0.25, 0.3) is 0 Å². The van der Waals surface area contributed by atoms with E-state index in [1.165, 1.54) is 0 Å². The van der Waals surface area contributed by atoms with E-state index in [0.717, 1.165) is 25.1 Å². The molecule has 1 atom stereocenters. The van der Waals surface area contributed by atoms with E-state index in [9.17, 15) is 9.18 Å². The lowest BCUT2D eigenvalue weighted by Crippen LogP contribution is -2.33. The summed E-state index contributed by atoms with van der Waals surface area (Å²) in [5.74, 6) is -0.907. The molecule has 1 rings (SSSR count). The summed E-state index contributed by atoms with van der Waals surface area (Å²) in [4.78, 5) is 15.3. The first-order chi connectivity index (χ1) is 7.54. The Bertz CT molecular complexity index is 381. The molecule has 0 saturated carbocycles. The highest BCUT2D eigenvalue weighted by Crippen LogP contribution is 2.10. The van der Waals surface area contributed by atoms with Crippen LogP contribution in [0, 0.1) is 5.82 Å². The van der Waals surface area contributed by atoms with E-state index in [-0.39, 0.29) is 23.3 Å². The van der Waals surface area contributed by atoms with Gasteiger partial charge in [0.15, 0.2) is 0 Å². The molecule has 0 radical (unpaired) electrons. The van der Waals surface area contributed by atoms with Gasteiger partial charge in [0.05, 0.1) is 11.8 Å². The largest absolute Gasteiger partial charge is 0.383 e. The van der Waals surface area contributed by atoms with Gasteiger partial charge < -0.3 is 11.1 Å². The molecule has 0 bridgehead atoms. The van der Waals surface area contributed by atoms with Crippen LogP contribution in [0.4, 0.5) is 10.2 Å². The number of carbonyl (C=O) groups excluding carboxylic acids is 1. The Labute approximate surface area is 94.1 Å². The van der Waals surface area contributed by atoms with Crippen LogP contribution in [-0.2, 0) is 0 Å². The minimum Gasteiger partial charge on any atom is -0.383 e. The first-order valence-electron chi connectivity index (χ1n) is 5.26. The van der Waals surface area contributed by atoms with Gasteiger partial charge in [0.2, 0.25) is 0 Å². The minimum atomic E-state index is -0.567. The molecule has 4 nitrogen and oxygen atoms in total. The van der Waals surface area contributed by atoms with Crippen LogP contribution in [0.3, 0.4) is 0 Å². The molecule has 88 valence electrons. The third-order valence-electron chi connectivity index (χ3n) is 2.23. The molecule has 1 aromatic rings. The first kappa shape index (κ1) is 12.4. The summed E-state index contributed by atoms with van der Waals surface area (Å²) >= 11 is 0. The molecular weight excluding hydrogens is 209 g/mol. The third kappa shape index (κ3) is 3.18. The lowest BCUT2D eigenvalue weighted by Gasteiger charge is -2.13. The minimum absolute atomic E-state index is 0.0418. The molecule has 0 fully saturated rings. The van der Waals surface area contributed by atoms with E-state index in [0.29, 0.717) is 0 Å². The first-order valence-corrected chi connectivity index (χ1v) is 5.26. The van der Waals surface area contributed by atoms with Crippen molar-refractivity contribution >= 4 is 11.7 Å². The SMILES string of the molecule is CCCC(C)NC(=O)c1cc(F)cnc1N. The van der Waals surface area contributed by atoms with Crippen molar-refractivity contribution in [1.82, 2.24) is 10.3 Å². The molecule has 0 aliphatic heterocycles. The van der Waals surface area contributed by atoms with Gasteiger partial charge in [-0.15, -0.1) is 0 Å². The molecule has 0 aromatic carbocycles. The topological polar surface area (TPSA) is 68.0 Å². The number of nitrogens with one attached hydrogen (secondary N) is 1. The Kier molecular flexibility index (Phi) is 4.22. The number of pyridine rings is 1. The van der Waals surface area contributed by atoms with Crippen molar-refractivity contribution in [1.29, 1.82) is 0 Å². The van der Waals surface area contributed by atoms with Crippen LogP contribution in [0.2, 0.25) is 0 Å². The maximum Gasteiger partial charge on any atom is 0.255 e. The normalized spacial score (nSPS) is 12.2. The van der Waals surface area contributed by atoms with Crippen LogP contribution in [-0.4, -0.2) is 16.9 Å². The average molecular weight is 225 g/mol. The fourth-order valence-electron chi connectivity index (χ4n) is 1.44. The number of halogens is 1. The maximum atomic E-state index is 12.9. The van der Waals surface area contributed by atoms with Gasteiger partial charge >= 0.3 is 0 Å². The molecule has 5 heteroatoms. The predicted octanol–water partition coefficient (Wildman–Crippen LogP) is 1.72. The van der Waals surface area contributed by atoms with Gasteiger partial charge in [-0.25, -0.2) is 9.37 Å². The van der Waals surface area contributed by atoms with E-state index in [2.05, 4.69) is 10.3 Å². The second-order valence-electron chi connectivity index (χ2n) is 3.75. The van der Waals surface area contributed by atoms with E-state index in [4.69, 9.17) is 5.73 Å². The van der Waals surface area contributed by atoms with Gasteiger partial charge in [0, 0.05) is 6.04 Å². The van der Waals surface area contributed by atoms with Crippen LogP contribution in [0.15, 0.2) is 12.3 Å². The summed E-state index contributed by atoms with van der Waals surface area (Å²) in [7, 11) is 0. The number of aromatic nitrogens is 1. The summed E-state index contributed by atoms with van der Waals surface area (Å²) in [5, 5.41) is 2.74. The predicted molar refractivity (Wildman–Crippen MR) is 60.4 cm³/mol. The zero-order valence-electron chi connectivity index (χ0n) is 9.46. The molecule has 3 N–H and O–H groups in total. The van der Waals surface area contributed by atoms with Crippen molar-refractivity contribution in [2.24, 2.45) is 0 Å². The van der Waals surface area contributed by atoms with Crippen molar-refractivity contribution in [3.63, 3.8) is 0 Å². The molecule has 0 aliphatic rings. The Morgan fingerprint density at radius 1 is 1.69 bits per heavy atom. The Morgan fingerprint density at radius 2 is 2.38 bits per heavy atom. The van der Waals surface area contributed by atoms with Crippen LogP contribution in [0.5, 0.6) is 0 Å². The number of amides is 1. The number of rotatable bonds is 4. The van der Waals surface area contributed by atoms with Crippen molar-refractivity contribution in [2.75, 3.05) is 5.73 Å². The number of hydrogen-bond donors (Lipinski definition) is 2. The highest BCUT2D eigenvalue weighted by molar-refractivity contribution is 5.98. The summed E-state index contributed by atoms with van der Waals surface area (Å²) in [5.41, 5.74) is 5.59. The van der Waals surface area contributed by atoms with Gasteiger partial charge in [-0.3, -0.25) is 4.79 Å². The molecule has 16 heavy (non-hydrogen) atoms. The molecule has 1 amide bonds. The van der Waals surface area contributed by atoms with E-state index in [1.807, 2.05) is 13.8 Å². The number of hydrogen-bond acceptors (Lipinski definition) is 3. The fraction of sp³-hybridized carbons (Fsp3) is 0.455. The van der Waals surface area contributed by atoms with Crippen molar-refractivity contribution < 1.29 is 9.18 Å². The number of carbonyl (C=O) groups is 1. The number of nitrogens with zero attached hydrogens (tertiary/aromatic N) is 1. The summed E-state index contributed by atoms with van der Waals surface area (Å²) in [6.07, 6.45) is 2.83.